The molecule has 0 saturated carbocycles. The van der Waals surface area contributed by atoms with Crippen LogP contribution in [0.4, 0.5) is 8.78 Å². The molecule has 0 amide bonds. The quantitative estimate of drug-likeness (QED) is 0.848. The Hall–Kier alpha value is -0.810. The van der Waals surface area contributed by atoms with Crippen molar-refractivity contribution >= 4 is 11.8 Å². The van der Waals surface area contributed by atoms with Gasteiger partial charge in [0.15, 0.2) is 0 Å². The van der Waals surface area contributed by atoms with E-state index in [2.05, 4.69) is 10.1 Å². The average molecular weight is 259 g/mol. The highest BCUT2D eigenvalue weighted by atomic mass is 32.2. The third kappa shape index (κ3) is 3.85. The predicted molar refractivity (Wildman–Crippen MR) is 65.6 cm³/mol. The van der Waals surface area contributed by atoms with Crippen LogP contribution in [-0.4, -0.2) is 25.5 Å². The first-order valence-electron chi connectivity index (χ1n) is 5.57. The van der Waals surface area contributed by atoms with Crippen LogP contribution in [-0.2, 0) is 5.75 Å². The minimum Gasteiger partial charge on any atom is -0.435 e. The van der Waals surface area contributed by atoms with Crippen molar-refractivity contribution in [3.8, 4) is 5.75 Å². The van der Waals surface area contributed by atoms with Crippen molar-refractivity contribution < 1.29 is 13.5 Å². The van der Waals surface area contributed by atoms with E-state index in [1.807, 2.05) is 12.1 Å². The Kier molecular flexibility index (Phi) is 4.62. The number of nitrogens with one attached hydrogen (secondary N) is 1. The smallest absolute Gasteiger partial charge is 0.387 e. The largest absolute Gasteiger partial charge is 0.435 e. The van der Waals surface area contributed by atoms with Crippen LogP contribution in [0.25, 0.3) is 0 Å². The van der Waals surface area contributed by atoms with Gasteiger partial charge >= 0.3 is 6.61 Å². The summed E-state index contributed by atoms with van der Waals surface area (Å²) in [4.78, 5) is 0. The summed E-state index contributed by atoms with van der Waals surface area (Å²) in [6.07, 6.45) is 0. The van der Waals surface area contributed by atoms with Gasteiger partial charge < -0.3 is 10.1 Å². The molecule has 17 heavy (non-hydrogen) atoms. The number of alkyl halides is 2. The molecular weight excluding hydrogens is 244 g/mol. The molecule has 2 rings (SSSR count). The van der Waals surface area contributed by atoms with Crippen molar-refractivity contribution in [1.82, 2.24) is 5.32 Å². The molecule has 5 heteroatoms. The second-order valence-electron chi connectivity index (χ2n) is 4.03. The van der Waals surface area contributed by atoms with Crippen molar-refractivity contribution in [2.24, 2.45) is 5.92 Å². The van der Waals surface area contributed by atoms with Gasteiger partial charge in [0.2, 0.25) is 0 Å². The Morgan fingerprint density at radius 3 is 2.76 bits per heavy atom. The maximum absolute atomic E-state index is 12.2. The molecule has 1 saturated heterocycles. The van der Waals surface area contributed by atoms with E-state index in [-0.39, 0.29) is 0 Å². The summed E-state index contributed by atoms with van der Waals surface area (Å²) < 4.78 is 28.8. The Morgan fingerprint density at radius 2 is 2.12 bits per heavy atom. The highest BCUT2D eigenvalue weighted by Crippen LogP contribution is 2.26. The molecular formula is C12H15F2NOS. The molecule has 1 aromatic rings. The molecule has 0 aromatic heterocycles. The van der Waals surface area contributed by atoms with Crippen LogP contribution in [0.2, 0.25) is 0 Å². The topological polar surface area (TPSA) is 21.3 Å². The number of ether oxygens (including phenoxy) is 1. The van der Waals surface area contributed by atoms with Crippen LogP contribution in [0.15, 0.2) is 24.3 Å². The summed E-state index contributed by atoms with van der Waals surface area (Å²) >= 11 is 1.77. The van der Waals surface area contributed by atoms with Crippen molar-refractivity contribution in [2.45, 2.75) is 12.4 Å². The fourth-order valence-electron chi connectivity index (χ4n) is 1.64. The van der Waals surface area contributed by atoms with Gasteiger partial charge in [0.05, 0.1) is 0 Å². The van der Waals surface area contributed by atoms with E-state index in [1.165, 1.54) is 0 Å². The van der Waals surface area contributed by atoms with Crippen molar-refractivity contribution in [3.63, 3.8) is 0 Å². The molecule has 94 valence electrons. The molecule has 0 spiro atoms. The molecule has 0 radical (unpaired) electrons. The number of hydrogen-bond acceptors (Lipinski definition) is 3. The Morgan fingerprint density at radius 1 is 1.35 bits per heavy atom. The van der Waals surface area contributed by atoms with Crippen LogP contribution < -0.4 is 10.1 Å². The molecule has 2 nitrogen and oxygen atoms in total. The van der Waals surface area contributed by atoms with Crippen molar-refractivity contribution in [2.75, 3.05) is 18.8 Å². The van der Waals surface area contributed by atoms with Gasteiger partial charge in [0, 0.05) is 11.3 Å². The highest BCUT2D eigenvalue weighted by Gasteiger charge is 2.16. The Bertz CT molecular complexity index is 358. The fraction of sp³-hybridized carbons (Fsp3) is 0.500. The van der Waals surface area contributed by atoms with E-state index in [9.17, 15) is 8.78 Å². The van der Waals surface area contributed by atoms with Crippen LogP contribution in [0, 0.1) is 5.92 Å². The molecule has 1 N–H and O–H groups in total. The molecule has 1 heterocycles. The number of benzene rings is 1. The third-order valence-corrected chi connectivity index (χ3v) is 3.89. The molecule has 0 unspecified atom stereocenters. The zero-order chi connectivity index (χ0) is 12.1. The predicted octanol–water partition coefficient (Wildman–Crippen LogP) is 2.74. The summed E-state index contributed by atoms with van der Waals surface area (Å²) in [5.41, 5.74) is 0.838. The van der Waals surface area contributed by atoms with Crippen molar-refractivity contribution in [3.05, 3.63) is 29.8 Å². The lowest BCUT2D eigenvalue weighted by Gasteiger charge is -2.26. The van der Waals surface area contributed by atoms with Crippen LogP contribution in [0.5, 0.6) is 5.75 Å². The number of thioether (sulfide) groups is 1. The summed E-state index contributed by atoms with van der Waals surface area (Å²) in [5.74, 6) is 2.81. The number of hydrogen-bond donors (Lipinski definition) is 1. The molecule has 1 aliphatic rings. The van der Waals surface area contributed by atoms with Gasteiger partial charge in [-0.1, -0.05) is 18.2 Å². The van der Waals surface area contributed by atoms with Gasteiger partial charge in [-0.25, -0.2) is 0 Å². The monoisotopic (exact) mass is 259 g/mol. The first kappa shape index (κ1) is 12.6. The third-order valence-electron chi connectivity index (χ3n) is 2.67. The lowest BCUT2D eigenvalue weighted by Crippen LogP contribution is -2.43. The maximum atomic E-state index is 12.2. The lowest BCUT2D eigenvalue weighted by molar-refractivity contribution is -0.0503. The summed E-state index contributed by atoms with van der Waals surface area (Å²) in [6, 6.07) is 6.98. The summed E-state index contributed by atoms with van der Waals surface area (Å²) in [6.45, 7) is -0.610. The number of halogens is 2. The number of rotatable bonds is 6. The maximum Gasteiger partial charge on any atom is 0.387 e. The van der Waals surface area contributed by atoms with Crippen LogP contribution in [0.1, 0.15) is 5.56 Å². The Balaban J connectivity index is 1.85. The Labute approximate surface area is 104 Å². The van der Waals surface area contributed by atoms with E-state index in [0.717, 1.165) is 36.1 Å². The standard InChI is InChI=1S/C12H15F2NOS/c13-12(14)16-11-4-2-1-3-10(11)8-17-7-9-5-15-6-9/h1-4,9,12,15H,5-8H2. The first-order chi connectivity index (χ1) is 8.25. The van der Waals surface area contributed by atoms with Gasteiger partial charge in [0.25, 0.3) is 0 Å². The minimum absolute atomic E-state index is 0.293. The molecule has 1 aliphatic heterocycles. The molecule has 0 atom stereocenters. The van der Waals surface area contributed by atoms with E-state index in [1.54, 1.807) is 23.9 Å². The van der Waals surface area contributed by atoms with Crippen LogP contribution in [0.3, 0.4) is 0 Å². The van der Waals surface area contributed by atoms with E-state index in [0.29, 0.717) is 5.75 Å². The van der Waals surface area contributed by atoms with Gasteiger partial charge in [-0.3, -0.25) is 0 Å². The zero-order valence-corrected chi connectivity index (χ0v) is 10.2. The fourth-order valence-corrected chi connectivity index (χ4v) is 2.78. The van der Waals surface area contributed by atoms with E-state index >= 15 is 0 Å². The second kappa shape index (κ2) is 6.21. The normalized spacial score (nSPS) is 15.9. The number of para-hydroxylation sites is 1. The lowest BCUT2D eigenvalue weighted by atomic mass is 10.1. The SMILES string of the molecule is FC(F)Oc1ccccc1CSCC1CNC1. The summed E-state index contributed by atoms with van der Waals surface area (Å²) in [7, 11) is 0. The first-order valence-corrected chi connectivity index (χ1v) is 6.72. The van der Waals surface area contributed by atoms with E-state index < -0.39 is 6.61 Å². The average Bonchev–Trinajstić information content (AvgIpc) is 2.23. The molecule has 0 aliphatic carbocycles. The zero-order valence-electron chi connectivity index (χ0n) is 9.36. The van der Waals surface area contributed by atoms with Gasteiger partial charge in [0.1, 0.15) is 5.75 Å². The molecule has 1 aromatic carbocycles. The second-order valence-corrected chi connectivity index (χ2v) is 5.06. The minimum atomic E-state index is -2.75. The van der Waals surface area contributed by atoms with Gasteiger partial charge in [-0.15, -0.1) is 0 Å². The summed E-state index contributed by atoms with van der Waals surface area (Å²) in [5, 5.41) is 3.21. The van der Waals surface area contributed by atoms with Crippen LogP contribution >= 0.6 is 11.8 Å². The van der Waals surface area contributed by atoms with Gasteiger partial charge in [-0.2, -0.15) is 20.5 Å². The van der Waals surface area contributed by atoms with E-state index in [4.69, 9.17) is 0 Å². The van der Waals surface area contributed by atoms with Crippen molar-refractivity contribution in [1.29, 1.82) is 0 Å². The highest BCUT2D eigenvalue weighted by molar-refractivity contribution is 7.98. The molecule has 0 bridgehead atoms. The van der Waals surface area contributed by atoms with Gasteiger partial charge in [-0.05, 0) is 30.8 Å². The molecule has 1 fully saturated rings.